The van der Waals surface area contributed by atoms with Gasteiger partial charge in [-0.1, -0.05) is 24.8 Å². The maximum absolute atomic E-state index is 5.92. The van der Waals surface area contributed by atoms with Crippen LogP contribution in [-0.4, -0.2) is 9.59 Å². The molecule has 0 aliphatic heterocycles. The van der Waals surface area contributed by atoms with Gasteiger partial charge in [0.25, 0.3) is 0 Å². The molecule has 3 nitrogen and oxygen atoms in total. The summed E-state index contributed by atoms with van der Waals surface area (Å²) in [5.74, 6) is 0.511. The average molecular weight is 171 g/mol. The summed E-state index contributed by atoms with van der Waals surface area (Å²) in [4.78, 5) is 1.08. The van der Waals surface area contributed by atoms with Crippen LogP contribution in [0.3, 0.4) is 0 Å². The van der Waals surface area contributed by atoms with Crippen LogP contribution in [0.15, 0.2) is 6.20 Å². The molecule has 0 bridgehead atoms. The van der Waals surface area contributed by atoms with Gasteiger partial charge in [-0.15, -0.1) is 5.10 Å². The molecule has 0 amide bonds. The summed E-state index contributed by atoms with van der Waals surface area (Å²) >= 11 is 1.39. The Morgan fingerprint density at radius 3 is 2.91 bits per heavy atom. The van der Waals surface area contributed by atoms with Crippen molar-refractivity contribution < 1.29 is 0 Å². The highest BCUT2D eigenvalue weighted by Crippen LogP contribution is 2.22. The van der Waals surface area contributed by atoms with Crippen LogP contribution >= 0.6 is 11.5 Å². The van der Waals surface area contributed by atoms with Crippen molar-refractivity contribution in [3.63, 3.8) is 0 Å². The maximum atomic E-state index is 5.92. The van der Waals surface area contributed by atoms with Crippen LogP contribution in [0.4, 0.5) is 0 Å². The van der Waals surface area contributed by atoms with Gasteiger partial charge >= 0.3 is 0 Å². The fourth-order valence-electron chi connectivity index (χ4n) is 0.856. The van der Waals surface area contributed by atoms with E-state index in [-0.39, 0.29) is 6.04 Å². The van der Waals surface area contributed by atoms with E-state index in [9.17, 15) is 0 Å². The standard InChI is InChI=1S/C7H13N3S/c1-3-5(2)7(8)6-4-9-10-11-6/h4-5,7H,3,8H2,1-2H3. The van der Waals surface area contributed by atoms with Crippen molar-refractivity contribution in [2.45, 2.75) is 26.3 Å². The molecular formula is C7H13N3S. The predicted molar refractivity (Wildman–Crippen MR) is 46.3 cm³/mol. The van der Waals surface area contributed by atoms with Gasteiger partial charge in [0, 0.05) is 6.04 Å². The number of rotatable bonds is 3. The van der Waals surface area contributed by atoms with Crippen LogP contribution in [0.2, 0.25) is 0 Å². The fourth-order valence-corrected chi connectivity index (χ4v) is 1.49. The van der Waals surface area contributed by atoms with E-state index in [1.807, 2.05) is 0 Å². The second-order valence-corrected chi connectivity index (χ2v) is 3.55. The van der Waals surface area contributed by atoms with Gasteiger partial charge in [0.15, 0.2) is 0 Å². The summed E-state index contributed by atoms with van der Waals surface area (Å²) in [5.41, 5.74) is 5.92. The van der Waals surface area contributed by atoms with Crippen molar-refractivity contribution in [2.75, 3.05) is 0 Å². The molecule has 0 aliphatic carbocycles. The number of aromatic nitrogens is 2. The lowest BCUT2D eigenvalue weighted by atomic mass is 9.99. The van der Waals surface area contributed by atoms with Crippen molar-refractivity contribution in [3.8, 4) is 0 Å². The zero-order chi connectivity index (χ0) is 8.27. The molecule has 62 valence electrons. The molecule has 0 fully saturated rings. The largest absolute Gasteiger partial charge is 0.323 e. The SMILES string of the molecule is CCC(C)C(N)c1cnns1. The predicted octanol–water partition coefficient (Wildman–Crippen LogP) is 1.58. The highest BCUT2D eigenvalue weighted by atomic mass is 32.1. The van der Waals surface area contributed by atoms with Gasteiger partial charge in [-0.25, -0.2) is 0 Å². The van der Waals surface area contributed by atoms with Crippen LogP contribution in [0, 0.1) is 5.92 Å². The minimum absolute atomic E-state index is 0.111. The number of nitrogens with zero attached hydrogens (tertiary/aromatic N) is 2. The summed E-state index contributed by atoms with van der Waals surface area (Å²) in [6, 6.07) is 0.111. The normalized spacial score (nSPS) is 16.3. The lowest BCUT2D eigenvalue weighted by Gasteiger charge is -2.14. The molecular weight excluding hydrogens is 158 g/mol. The Morgan fingerprint density at radius 2 is 2.45 bits per heavy atom. The summed E-state index contributed by atoms with van der Waals surface area (Å²) in [6.07, 6.45) is 2.85. The van der Waals surface area contributed by atoms with Crippen molar-refractivity contribution >= 4 is 11.5 Å². The Bertz CT molecular complexity index is 197. The van der Waals surface area contributed by atoms with Gasteiger partial charge in [0.1, 0.15) is 0 Å². The van der Waals surface area contributed by atoms with Crippen LogP contribution in [0.25, 0.3) is 0 Å². The lowest BCUT2D eigenvalue weighted by molar-refractivity contribution is 0.462. The van der Waals surface area contributed by atoms with Crippen LogP contribution in [0.1, 0.15) is 31.2 Å². The second kappa shape index (κ2) is 3.78. The van der Waals surface area contributed by atoms with Gasteiger partial charge in [-0.2, -0.15) is 0 Å². The Balaban J connectivity index is 2.62. The average Bonchev–Trinajstić information content (AvgIpc) is 2.53. The lowest BCUT2D eigenvalue weighted by Crippen LogP contribution is -2.17. The smallest absolute Gasteiger partial charge is 0.0669 e. The van der Waals surface area contributed by atoms with Crippen molar-refractivity contribution in [2.24, 2.45) is 11.7 Å². The molecule has 0 saturated carbocycles. The van der Waals surface area contributed by atoms with Crippen molar-refractivity contribution in [1.82, 2.24) is 9.59 Å². The topological polar surface area (TPSA) is 51.8 Å². The summed E-state index contributed by atoms with van der Waals surface area (Å²) < 4.78 is 3.77. The van der Waals surface area contributed by atoms with E-state index in [1.54, 1.807) is 6.20 Å². The molecule has 2 atom stereocenters. The molecule has 1 aromatic rings. The number of hydrogen-bond acceptors (Lipinski definition) is 4. The quantitative estimate of drug-likeness (QED) is 0.751. The van der Waals surface area contributed by atoms with Crippen LogP contribution in [0.5, 0.6) is 0 Å². The first-order valence-electron chi connectivity index (χ1n) is 3.78. The van der Waals surface area contributed by atoms with E-state index in [2.05, 4.69) is 23.4 Å². The molecule has 0 radical (unpaired) electrons. The molecule has 2 unspecified atom stereocenters. The Labute approximate surface area is 70.8 Å². The van der Waals surface area contributed by atoms with Gasteiger partial charge < -0.3 is 5.73 Å². The Kier molecular flexibility index (Phi) is 2.96. The minimum Gasteiger partial charge on any atom is -0.323 e. The zero-order valence-electron chi connectivity index (χ0n) is 6.82. The third kappa shape index (κ3) is 1.97. The Hall–Kier alpha value is -0.480. The number of nitrogens with two attached hydrogens (primary N) is 1. The van der Waals surface area contributed by atoms with E-state index < -0.39 is 0 Å². The molecule has 0 spiro atoms. The molecule has 1 aromatic heterocycles. The van der Waals surface area contributed by atoms with E-state index in [0.29, 0.717) is 5.92 Å². The van der Waals surface area contributed by atoms with E-state index in [1.165, 1.54) is 11.5 Å². The highest BCUT2D eigenvalue weighted by molar-refractivity contribution is 7.05. The highest BCUT2D eigenvalue weighted by Gasteiger charge is 2.14. The third-order valence-electron chi connectivity index (χ3n) is 1.96. The summed E-state index contributed by atoms with van der Waals surface area (Å²) in [7, 11) is 0. The molecule has 0 saturated heterocycles. The van der Waals surface area contributed by atoms with Crippen molar-refractivity contribution in [3.05, 3.63) is 11.1 Å². The van der Waals surface area contributed by atoms with Crippen LogP contribution in [-0.2, 0) is 0 Å². The molecule has 0 aliphatic rings. The Morgan fingerprint density at radius 1 is 1.73 bits per heavy atom. The van der Waals surface area contributed by atoms with E-state index in [4.69, 9.17) is 5.73 Å². The first-order chi connectivity index (χ1) is 5.25. The fraction of sp³-hybridized carbons (Fsp3) is 0.714. The van der Waals surface area contributed by atoms with Gasteiger partial charge in [0.2, 0.25) is 0 Å². The molecule has 0 aromatic carbocycles. The molecule has 1 rings (SSSR count). The molecule has 4 heteroatoms. The number of hydrogen-bond donors (Lipinski definition) is 1. The van der Waals surface area contributed by atoms with E-state index >= 15 is 0 Å². The van der Waals surface area contributed by atoms with Gasteiger partial charge in [-0.3, -0.25) is 0 Å². The zero-order valence-corrected chi connectivity index (χ0v) is 7.64. The molecule has 11 heavy (non-hydrogen) atoms. The summed E-state index contributed by atoms with van der Waals surface area (Å²) in [5, 5.41) is 3.75. The van der Waals surface area contributed by atoms with Gasteiger partial charge in [0.05, 0.1) is 11.1 Å². The maximum Gasteiger partial charge on any atom is 0.0669 e. The third-order valence-corrected chi connectivity index (χ3v) is 2.73. The van der Waals surface area contributed by atoms with E-state index in [0.717, 1.165) is 11.3 Å². The minimum atomic E-state index is 0.111. The first-order valence-corrected chi connectivity index (χ1v) is 4.56. The first kappa shape index (κ1) is 8.62. The van der Waals surface area contributed by atoms with Gasteiger partial charge in [-0.05, 0) is 17.5 Å². The summed E-state index contributed by atoms with van der Waals surface area (Å²) in [6.45, 7) is 4.28. The second-order valence-electron chi connectivity index (χ2n) is 2.73. The van der Waals surface area contributed by atoms with Crippen molar-refractivity contribution in [1.29, 1.82) is 0 Å². The monoisotopic (exact) mass is 171 g/mol. The molecule has 1 heterocycles. The molecule has 2 N–H and O–H groups in total. The van der Waals surface area contributed by atoms with Crippen LogP contribution < -0.4 is 5.73 Å².